The van der Waals surface area contributed by atoms with Gasteiger partial charge in [-0.1, -0.05) is 182 Å². The lowest BCUT2D eigenvalue weighted by atomic mass is 9.98. The summed E-state index contributed by atoms with van der Waals surface area (Å²) in [5.74, 6) is 0. The van der Waals surface area contributed by atoms with E-state index >= 15 is 0 Å². The fourth-order valence-electron chi connectivity index (χ4n) is 8.45. The highest BCUT2D eigenvalue weighted by Gasteiger charge is 2.22. The molecule has 0 heterocycles. The predicted octanol–water partition coefficient (Wildman–Crippen LogP) is 16.3. The van der Waals surface area contributed by atoms with Crippen molar-refractivity contribution in [3.63, 3.8) is 0 Å². The zero-order valence-electron chi connectivity index (χ0n) is 33.4. The molecule has 9 aromatic carbocycles. The van der Waals surface area contributed by atoms with Gasteiger partial charge >= 0.3 is 0 Å². The molecule has 0 saturated carbocycles. The van der Waals surface area contributed by atoms with E-state index in [0.29, 0.717) is 0 Å². The van der Waals surface area contributed by atoms with Gasteiger partial charge < -0.3 is 9.80 Å². The van der Waals surface area contributed by atoms with Gasteiger partial charge in [-0.15, -0.1) is 0 Å². The van der Waals surface area contributed by atoms with Crippen LogP contribution in [-0.2, 0) is 0 Å². The second kappa shape index (κ2) is 16.7. The molecule has 1 aliphatic rings. The molecule has 0 spiro atoms. The van der Waals surface area contributed by atoms with Crippen molar-refractivity contribution in [1.29, 1.82) is 0 Å². The van der Waals surface area contributed by atoms with Crippen molar-refractivity contribution in [2.45, 2.75) is 12.8 Å². The van der Waals surface area contributed by atoms with Crippen LogP contribution in [0.1, 0.15) is 12.8 Å². The number of rotatable bonds is 10. The number of nitrogens with zero attached hydrogens (tertiary/aromatic N) is 2. The van der Waals surface area contributed by atoms with Crippen molar-refractivity contribution in [3.8, 4) is 44.5 Å². The molecule has 0 radical (unpaired) electrons. The maximum atomic E-state index is 2.41. The van der Waals surface area contributed by atoms with E-state index in [-0.39, 0.29) is 0 Å². The van der Waals surface area contributed by atoms with Crippen molar-refractivity contribution >= 4 is 39.2 Å². The van der Waals surface area contributed by atoms with Gasteiger partial charge in [0.2, 0.25) is 0 Å². The van der Waals surface area contributed by atoms with E-state index in [0.717, 1.165) is 41.3 Å². The average molecular weight is 769 g/mol. The minimum Gasteiger partial charge on any atom is -0.310 e. The fraction of sp³-hybridized carbons (Fsp3) is 0.0345. The van der Waals surface area contributed by atoms with E-state index < -0.39 is 0 Å². The van der Waals surface area contributed by atoms with E-state index in [2.05, 4.69) is 252 Å². The van der Waals surface area contributed by atoms with Crippen molar-refractivity contribution in [3.05, 3.63) is 248 Å². The zero-order chi connectivity index (χ0) is 40.1. The van der Waals surface area contributed by atoms with Gasteiger partial charge in [0.15, 0.2) is 0 Å². The lowest BCUT2D eigenvalue weighted by Gasteiger charge is -2.31. The maximum absolute atomic E-state index is 2.41. The molecule has 2 heteroatoms. The van der Waals surface area contributed by atoms with Gasteiger partial charge in [-0.2, -0.15) is 0 Å². The second-order valence-electron chi connectivity index (χ2n) is 15.2. The summed E-state index contributed by atoms with van der Waals surface area (Å²) in [6, 6.07) is 81.1. The molecule has 9 aromatic rings. The maximum Gasteiger partial charge on any atom is 0.0541 e. The van der Waals surface area contributed by atoms with E-state index in [1.54, 1.807) is 0 Å². The first-order valence-corrected chi connectivity index (χ1v) is 20.8. The highest BCUT2D eigenvalue weighted by atomic mass is 15.2. The highest BCUT2D eigenvalue weighted by Crippen LogP contribution is 2.45. The molecule has 1 aliphatic carbocycles. The molecule has 286 valence electrons. The summed E-state index contributed by atoms with van der Waals surface area (Å²) in [5, 5.41) is 2.37. The Bertz CT molecular complexity index is 2930. The van der Waals surface area contributed by atoms with Crippen LogP contribution in [0.3, 0.4) is 0 Å². The first-order valence-electron chi connectivity index (χ1n) is 20.8. The zero-order valence-corrected chi connectivity index (χ0v) is 33.4. The Balaban J connectivity index is 1.07. The topological polar surface area (TPSA) is 6.48 Å². The molecule has 0 bridgehead atoms. The van der Waals surface area contributed by atoms with Gasteiger partial charge in [0.25, 0.3) is 0 Å². The predicted molar refractivity (Wildman–Crippen MR) is 255 cm³/mol. The van der Waals surface area contributed by atoms with E-state index in [1.165, 1.54) is 61.0 Å². The molecule has 0 amide bonds. The first kappa shape index (κ1) is 36.6. The molecule has 2 nitrogen and oxygen atoms in total. The molecule has 0 aromatic heterocycles. The average Bonchev–Trinajstić information content (AvgIpc) is 3.34. The molecular weight excluding hydrogens is 725 g/mol. The number of para-hydroxylation sites is 1. The van der Waals surface area contributed by atoms with Crippen LogP contribution in [0, 0.1) is 0 Å². The Kier molecular flexibility index (Phi) is 10.2. The van der Waals surface area contributed by atoms with Crippen LogP contribution < -0.4 is 9.80 Å². The Morgan fingerprint density at radius 2 is 0.667 bits per heavy atom. The van der Waals surface area contributed by atoms with Crippen LogP contribution in [0.25, 0.3) is 55.3 Å². The summed E-state index contributed by atoms with van der Waals surface area (Å²) in [4.78, 5) is 4.81. The Morgan fingerprint density at radius 1 is 0.283 bits per heavy atom. The van der Waals surface area contributed by atoms with E-state index in [4.69, 9.17) is 0 Å². The van der Waals surface area contributed by atoms with Crippen LogP contribution in [0.4, 0.5) is 28.4 Å². The number of anilines is 5. The SMILES string of the molecule is C1=CC(N(c2ccccc2)c2ccc(N(c3ccc(-c4ccc(-c5ccccc5)cc4)cc3)c3ccc(-c4cccc(-c5ccccc5)c4)cc3)c3ccccc23)=CCC1. The van der Waals surface area contributed by atoms with Gasteiger partial charge in [0.05, 0.1) is 11.4 Å². The van der Waals surface area contributed by atoms with Crippen molar-refractivity contribution < 1.29 is 0 Å². The summed E-state index contributed by atoms with van der Waals surface area (Å²) in [6.45, 7) is 0. The van der Waals surface area contributed by atoms with Crippen LogP contribution in [0.15, 0.2) is 248 Å². The van der Waals surface area contributed by atoms with E-state index in [1.807, 2.05) is 0 Å². The summed E-state index contributed by atoms with van der Waals surface area (Å²) in [6.07, 6.45) is 9.00. The second-order valence-corrected chi connectivity index (χ2v) is 15.2. The van der Waals surface area contributed by atoms with Crippen molar-refractivity contribution in [1.82, 2.24) is 0 Å². The minimum atomic E-state index is 1.03. The van der Waals surface area contributed by atoms with Gasteiger partial charge in [-0.05, 0) is 118 Å². The normalized spacial score (nSPS) is 12.2. The quantitative estimate of drug-likeness (QED) is 0.137. The highest BCUT2D eigenvalue weighted by molar-refractivity contribution is 6.06. The lowest BCUT2D eigenvalue weighted by molar-refractivity contribution is 0.998. The summed E-state index contributed by atoms with van der Waals surface area (Å²) < 4.78 is 0. The van der Waals surface area contributed by atoms with Gasteiger partial charge in [0, 0.05) is 33.5 Å². The largest absolute Gasteiger partial charge is 0.310 e. The monoisotopic (exact) mass is 768 g/mol. The van der Waals surface area contributed by atoms with Crippen molar-refractivity contribution in [2.24, 2.45) is 0 Å². The summed E-state index contributed by atoms with van der Waals surface area (Å²) >= 11 is 0. The first-order chi connectivity index (χ1) is 29.8. The molecule has 0 atom stereocenters. The molecule has 0 N–H and O–H groups in total. The smallest absolute Gasteiger partial charge is 0.0541 e. The van der Waals surface area contributed by atoms with Gasteiger partial charge in [-0.25, -0.2) is 0 Å². The van der Waals surface area contributed by atoms with Gasteiger partial charge in [-0.3, -0.25) is 0 Å². The number of fused-ring (bicyclic) bond motifs is 1. The number of hydrogen-bond acceptors (Lipinski definition) is 2. The molecule has 10 rings (SSSR count). The Morgan fingerprint density at radius 3 is 1.17 bits per heavy atom. The Hall–Kier alpha value is -7.68. The molecular formula is C58H44N2. The van der Waals surface area contributed by atoms with Gasteiger partial charge in [0.1, 0.15) is 0 Å². The number of hydrogen-bond donors (Lipinski definition) is 0. The number of benzene rings is 9. The third kappa shape index (κ3) is 7.43. The Labute approximate surface area is 353 Å². The third-order valence-corrected chi connectivity index (χ3v) is 11.5. The van der Waals surface area contributed by atoms with E-state index in [9.17, 15) is 0 Å². The molecule has 0 aliphatic heterocycles. The summed E-state index contributed by atoms with van der Waals surface area (Å²) in [5.41, 5.74) is 16.4. The molecule has 0 saturated heterocycles. The minimum absolute atomic E-state index is 1.03. The lowest BCUT2D eigenvalue weighted by Crippen LogP contribution is -2.17. The number of allylic oxidation sites excluding steroid dienone is 3. The third-order valence-electron chi connectivity index (χ3n) is 11.5. The van der Waals surface area contributed by atoms with Crippen LogP contribution in [-0.4, -0.2) is 0 Å². The van der Waals surface area contributed by atoms with Crippen LogP contribution in [0.2, 0.25) is 0 Å². The fourth-order valence-corrected chi connectivity index (χ4v) is 8.45. The summed E-state index contributed by atoms with van der Waals surface area (Å²) in [7, 11) is 0. The van der Waals surface area contributed by atoms with Crippen LogP contribution >= 0.6 is 0 Å². The standard InChI is InChI=1S/C58H44N2/c1-5-16-43(17-6-1)45-28-30-46(31-29-45)47-32-36-53(37-33-47)60(54-38-34-48(35-39-54)50-21-15-20-49(42-50)44-18-7-2-8-19-44)58-41-40-57(55-26-13-14-27-56(55)58)59(51-22-9-3-10-23-51)52-24-11-4-12-25-52/h1-3,5-11,13-42H,4,12H2. The van der Waals surface area contributed by atoms with Crippen molar-refractivity contribution in [2.75, 3.05) is 9.80 Å². The molecule has 0 unspecified atom stereocenters. The molecule has 0 fully saturated rings. The van der Waals surface area contributed by atoms with Crippen LogP contribution in [0.5, 0.6) is 0 Å². The molecule has 60 heavy (non-hydrogen) atoms.